The van der Waals surface area contributed by atoms with E-state index in [-0.39, 0.29) is 12.5 Å². The number of hydrogen-bond donors (Lipinski definition) is 1. The third kappa shape index (κ3) is 2.89. The topological polar surface area (TPSA) is 41.6 Å². The minimum Gasteiger partial charge on any atom is -0.484 e. The first-order valence-corrected chi connectivity index (χ1v) is 6.99. The summed E-state index contributed by atoms with van der Waals surface area (Å²) in [5.74, 6) is 2.26. The molecule has 3 rings (SSSR count). The SMILES string of the molecule is O=C(COc1ccccc1)N1CCC2CNCC2C1. The molecule has 0 radical (unpaired) electrons. The van der Waals surface area contributed by atoms with E-state index in [1.165, 1.54) is 0 Å². The molecule has 1 amide bonds. The second-order valence-electron chi connectivity index (χ2n) is 5.41. The molecule has 1 aromatic rings. The molecule has 1 aromatic carbocycles. The van der Waals surface area contributed by atoms with Gasteiger partial charge in [0.15, 0.2) is 6.61 Å². The summed E-state index contributed by atoms with van der Waals surface area (Å²) >= 11 is 0. The third-order valence-corrected chi connectivity index (χ3v) is 4.16. The molecule has 2 fully saturated rings. The molecule has 4 nitrogen and oxygen atoms in total. The third-order valence-electron chi connectivity index (χ3n) is 4.16. The lowest BCUT2D eigenvalue weighted by Crippen LogP contribution is -2.45. The predicted molar refractivity (Wildman–Crippen MR) is 73.0 cm³/mol. The van der Waals surface area contributed by atoms with Gasteiger partial charge in [0.2, 0.25) is 0 Å². The second kappa shape index (κ2) is 5.61. The highest BCUT2D eigenvalue weighted by atomic mass is 16.5. The lowest BCUT2D eigenvalue weighted by molar-refractivity contribution is -0.135. The van der Waals surface area contributed by atoms with Crippen molar-refractivity contribution < 1.29 is 9.53 Å². The molecule has 0 aliphatic carbocycles. The van der Waals surface area contributed by atoms with Crippen LogP contribution in [0.4, 0.5) is 0 Å². The minimum absolute atomic E-state index is 0.106. The van der Waals surface area contributed by atoms with Crippen LogP contribution < -0.4 is 10.1 Å². The smallest absolute Gasteiger partial charge is 0.260 e. The summed E-state index contributed by atoms with van der Waals surface area (Å²) in [6.45, 7) is 4.07. The monoisotopic (exact) mass is 260 g/mol. The van der Waals surface area contributed by atoms with Crippen molar-refractivity contribution in [3.63, 3.8) is 0 Å². The van der Waals surface area contributed by atoms with Gasteiger partial charge in [0.1, 0.15) is 5.75 Å². The van der Waals surface area contributed by atoms with Crippen molar-refractivity contribution in [3.8, 4) is 5.75 Å². The molecule has 0 aromatic heterocycles. The van der Waals surface area contributed by atoms with Crippen LogP contribution in [0.2, 0.25) is 0 Å². The highest BCUT2D eigenvalue weighted by molar-refractivity contribution is 5.77. The van der Waals surface area contributed by atoms with E-state index in [2.05, 4.69) is 5.32 Å². The van der Waals surface area contributed by atoms with Crippen LogP contribution in [-0.2, 0) is 4.79 Å². The molecular weight excluding hydrogens is 240 g/mol. The Morgan fingerprint density at radius 2 is 2.05 bits per heavy atom. The fourth-order valence-electron chi connectivity index (χ4n) is 3.01. The van der Waals surface area contributed by atoms with Crippen molar-refractivity contribution in [1.29, 1.82) is 0 Å². The van der Waals surface area contributed by atoms with Gasteiger partial charge >= 0.3 is 0 Å². The first-order valence-electron chi connectivity index (χ1n) is 6.99. The number of hydrogen-bond acceptors (Lipinski definition) is 3. The Labute approximate surface area is 113 Å². The van der Waals surface area contributed by atoms with Crippen LogP contribution in [0.3, 0.4) is 0 Å². The quantitative estimate of drug-likeness (QED) is 0.886. The zero-order chi connectivity index (χ0) is 13.1. The summed E-state index contributed by atoms with van der Waals surface area (Å²) in [6.07, 6.45) is 1.12. The van der Waals surface area contributed by atoms with Crippen LogP contribution in [0, 0.1) is 11.8 Å². The molecule has 0 bridgehead atoms. The summed E-state index contributed by atoms with van der Waals surface area (Å²) in [4.78, 5) is 14.1. The van der Waals surface area contributed by atoms with Crippen LogP contribution in [-0.4, -0.2) is 43.6 Å². The van der Waals surface area contributed by atoms with Crippen molar-refractivity contribution in [3.05, 3.63) is 30.3 Å². The van der Waals surface area contributed by atoms with E-state index in [9.17, 15) is 4.79 Å². The van der Waals surface area contributed by atoms with Gasteiger partial charge in [-0.3, -0.25) is 4.79 Å². The maximum atomic E-state index is 12.1. The zero-order valence-electron chi connectivity index (χ0n) is 11.0. The van der Waals surface area contributed by atoms with Crippen LogP contribution >= 0.6 is 0 Å². The number of carbonyl (C=O) groups is 1. The average molecular weight is 260 g/mol. The number of likely N-dealkylation sites (tertiary alicyclic amines) is 1. The number of nitrogens with zero attached hydrogens (tertiary/aromatic N) is 1. The zero-order valence-corrected chi connectivity index (χ0v) is 11.0. The van der Waals surface area contributed by atoms with Crippen LogP contribution in [0.25, 0.3) is 0 Å². The average Bonchev–Trinajstić information content (AvgIpc) is 2.93. The Bertz CT molecular complexity index is 435. The van der Waals surface area contributed by atoms with E-state index in [4.69, 9.17) is 4.74 Å². The van der Waals surface area contributed by atoms with E-state index in [1.807, 2.05) is 35.2 Å². The van der Waals surface area contributed by atoms with Gasteiger partial charge in [0.25, 0.3) is 5.91 Å². The molecule has 2 saturated heterocycles. The van der Waals surface area contributed by atoms with Gasteiger partial charge in [0.05, 0.1) is 0 Å². The Balaban J connectivity index is 1.50. The lowest BCUT2D eigenvalue weighted by atomic mass is 9.89. The maximum absolute atomic E-state index is 12.1. The van der Waals surface area contributed by atoms with Crippen molar-refractivity contribution in [1.82, 2.24) is 10.2 Å². The molecule has 1 N–H and O–H groups in total. The number of carbonyl (C=O) groups excluding carboxylic acids is 1. The number of benzene rings is 1. The van der Waals surface area contributed by atoms with E-state index >= 15 is 0 Å². The largest absolute Gasteiger partial charge is 0.484 e. The van der Waals surface area contributed by atoms with Gasteiger partial charge in [-0.05, 0) is 43.5 Å². The molecule has 102 valence electrons. The van der Waals surface area contributed by atoms with Gasteiger partial charge in [-0.15, -0.1) is 0 Å². The number of amides is 1. The van der Waals surface area contributed by atoms with E-state index in [1.54, 1.807) is 0 Å². The summed E-state index contributed by atoms with van der Waals surface area (Å²) in [7, 11) is 0. The van der Waals surface area contributed by atoms with Crippen molar-refractivity contribution >= 4 is 5.91 Å². The van der Waals surface area contributed by atoms with Crippen LogP contribution in [0.1, 0.15) is 6.42 Å². The molecular formula is C15H20N2O2. The Morgan fingerprint density at radius 1 is 1.26 bits per heavy atom. The Kier molecular flexibility index (Phi) is 3.69. The fraction of sp³-hybridized carbons (Fsp3) is 0.533. The van der Waals surface area contributed by atoms with Gasteiger partial charge in [0, 0.05) is 13.1 Å². The predicted octanol–water partition coefficient (Wildman–Crippen LogP) is 1.13. The van der Waals surface area contributed by atoms with E-state index < -0.39 is 0 Å². The molecule has 0 saturated carbocycles. The van der Waals surface area contributed by atoms with Crippen molar-refractivity contribution in [2.24, 2.45) is 11.8 Å². The van der Waals surface area contributed by atoms with Crippen LogP contribution in [0.15, 0.2) is 30.3 Å². The number of nitrogens with one attached hydrogen (secondary N) is 1. The molecule has 2 aliphatic heterocycles. The standard InChI is InChI=1S/C15H20N2O2/c18-15(11-19-14-4-2-1-3-5-14)17-7-6-12-8-16-9-13(12)10-17/h1-5,12-13,16H,6-11H2. The summed E-state index contributed by atoms with van der Waals surface area (Å²) < 4.78 is 5.53. The Morgan fingerprint density at radius 3 is 2.89 bits per heavy atom. The molecule has 2 unspecified atom stereocenters. The molecule has 2 aliphatic rings. The minimum atomic E-state index is 0.106. The van der Waals surface area contributed by atoms with E-state index in [0.717, 1.165) is 44.3 Å². The fourth-order valence-corrected chi connectivity index (χ4v) is 3.01. The highest BCUT2D eigenvalue weighted by Crippen LogP contribution is 2.26. The number of piperidine rings is 1. The second-order valence-corrected chi connectivity index (χ2v) is 5.41. The van der Waals surface area contributed by atoms with Crippen molar-refractivity contribution in [2.75, 3.05) is 32.8 Å². The normalized spacial score (nSPS) is 26.0. The number of para-hydroxylation sites is 1. The molecule has 2 atom stereocenters. The molecule has 4 heteroatoms. The molecule has 2 heterocycles. The highest BCUT2D eigenvalue weighted by Gasteiger charge is 2.34. The van der Waals surface area contributed by atoms with Gasteiger partial charge in [-0.1, -0.05) is 18.2 Å². The molecule has 19 heavy (non-hydrogen) atoms. The number of rotatable bonds is 3. The van der Waals surface area contributed by atoms with E-state index in [0.29, 0.717) is 5.92 Å². The number of fused-ring (bicyclic) bond motifs is 1. The maximum Gasteiger partial charge on any atom is 0.260 e. The Hall–Kier alpha value is -1.55. The summed E-state index contributed by atoms with van der Waals surface area (Å²) in [5.41, 5.74) is 0. The van der Waals surface area contributed by atoms with Gasteiger partial charge in [-0.25, -0.2) is 0 Å². The summed E-state index contributed by atoms with van der Waals surface area (Å²) in [6, 6.07) is 9.51. The molecule has 0 spiro atoms. The number of ether oxygens (including phenoxy) is 1. The summed E-state index contributed by atoms with van der Waals surface area (Å²) in [5, 5.41) is 3.41. The first kappa shape index (κ1) is 12.5. The van der Waals surface area contributed by atoms with Gasteiger partial charge in [-0.2, -0.15) is 0 Å². The van der Waals surface area contributed by atoms with Crippen molar-refractivity contribution in [2.45, 2.75) is 6.42 Å². The first-order chi connectivity index (χ1) is 9.33. The lowest BCUT2D eigenvalue weighted by Gasteiger charge is -2.34. The van der Waals surface area contributed by atoms with Gasteiger partial charge < -0.3 is 15.0 Å². The van der Waals surface area contributed by atoms with Crippen LogP contribution in [0.5, 0.6) is 5.75 Å².